The predicted molar refractivity (Wildman–Crippen MR) is 98.2 cm³/mol. The Kier molecular flexibility index (Phi) is 5.44. The number of aromatic nitrogens is 1. The average molecular weight is 390 g/mol. The number of hydrogen-bond acceptors (Lipinski definition) is 5. The Balaban J connectivity index is 1.69. The van der Waals surface area contributed by atoms with Crippen molar-refractivity contribution in [2.75, 3.05) is 0 Å². The number of rotatable bonds is 5. The third kappa shape index (κ3) is 4.15. The Morgan fingerprint density at radius 2 is 1.77 bits per heavy atom. The van der Waals surface area contributed by atoms with Gasteiger partial charge in [-0.25, -0.2) is 14.2 Å². The van der Waals surface area contributed by atoms with Crippen molar-refractivity contribution in [2.24, 2.45) is 0 Å². The summed E-state index contributed by atoms with van der Waals surface area (Å²) in [4.78, 5) is 28.7. The monoisotopic (exact) mass is 389 g/mol. The zero-order valence-electron chi connectivity index (χ0n) is 13.6. The van der Waals surface area contributed by atoms with Gasteiger partial charge in [0.05, 0.1) is 0 Å². The molecule has 0 bridgehead atoms. The second-order valence-corrected chi connectivity index (χ2v) is 6.76. The summed E-state index contributed by atoms with van der Waals surface area (Å²) >= 11 is 7.03. The van der Waals surface area contributed by atoms with Gasteiger partial charge in [-0.2, -0.15) is 0 Å². The molecule has 0 amide bonds. The van der Waals surface area contributed by atoms with Gasteiger partial charge in [-0.3, -0.25) is 4.79 Å². The van der Waals surface area contributed by atoms with Crippen molar-refractivity contribution in [2.45, 2.75) is 13.0 Å². The molecule has 3 aromatic rings. The Bertz CT molecular complexity index is 938. The van der Waals surface area contributed by atoms with Crippen LogP contribution in [-0.2, 0) is 4.74 Å². The average Bonchev–Trinajstić information content (AvgIpc) is 3.12. The van der Waals surface area contributed by atoms with Crippen LogP contribution >= 0.6 is 22.9 Å². The maximum absolute atomic E-state index is 13.0. The van der Waals surface area contributed by atoms with Crippen LogP contribution in [0.4, 0.5) is 4.39 Å². The number of halogens is 2. The highest BCUT2D eigenvalue weighted by Crippen LogP contribution is 2.24. The molecule has 1 aromatic heterocycles. The molecule has 4 nitrogen and oxygen atoms in total. The van der Waals surface area contributed by atoms with Gasteiger partial charge in [-0.1, -0.05) is 11.6 Å². The molecule has 0 N–H and O–H groups in total. The van der Waals surface area contributed by atoms with Crippen molar-refractivity contribution < 1.29 is 18.7 Å². The molecule has 0 fully saturated rings. The molecule has 0 unspecified atom stereocenters. The largest absolute Gasteiger partial charge is 0.450 e. The Hall–Kier alpha value is -2.57. The summed E-state index contributed by atoms with van der Waals surface area (Å²) in [6.07, 6.45) is -0.959. The van der Waals surface area contributed by atoms with Crippen molar-refractivity contribution in [3.8, 4) is 10.6 Å². The zero-order chi connectivity index (χ0) is 18.7. The quantitative estimate of drug-likeness (QED) is 0.453. The van der Waals surface area contributed by atoms with Crippen LogP contribution in [0.15, 0.2) is 53.9 Å². The van der Waals surface area contributed by atoms with Gasteiger partial charge in [0.1, 0.15) is 10.8 Å². The molecule has 1 heterocycles. The van der Waals surface area contributed by atoms with E-state index in [-0.39, 0.29) is 17.3 Å². The predicted octanol–water partition coefficient (Wildman–Crippen LogP) is 5.03. The molecule has 7 heteroatoms. The van der Waals surface area contributed by atoms with E-state index in [2.05, 4.69) is 4.98 Å². The molecule has 1 atom stereocenters. The summed E-state index contributed by atoms with van der Waals surface area (Å²) in [5.41, 5.74) is 1.20. The summed E-state index contributed by atoms with van der Waals surface area (Å²) in [6, 6.07) is 12.1. The summed E-state index contributed by atoms with van der Waals surface area (Å²) in [5, 5.41) is 2.62. The van der Waals surface area contributed by atoms with Crippen molar-refractivity contribution in [1.82, 2.24) is 4.98 Å². The first kappa shape index (κ1) is 18.2. The van der Waals surface area contributed by atoms with Gasteiger partial charge in [-0.15, -0.1) is 11.3 Å². The number of benzene rings is 2. The third-order valence-corrected chi connectivity index (χ3v) is 4.73. The summed E-state index contributed by atoms with van der Waals surface area (Å²) in [5.74, 6) is -1.37. The van der Waals surface area contributed by atoms with Gasteiger partial charge in [0.25, 0.3) is 0 Å². The molecular weight excluding hydrogens is 377 g/mol. The minimum atomic E-state index is -0.959. The topological polar surface area (TPSA) is 56.3 Å². The van der Waals surface area contributed by atoms with Gasteiger partial charge >= 0.3 is 5.97 Å². The maximum atomic E-state index is 13.0. The van der Waals surface area contributed by atoms with E-state index >= 15 is 0 Å². The van der Waals surface area contributed by atoms with Crippen LogP contribution in [0.1, 0.15) is 27.8 Å². The fourth-order valence-corrected chi connectivity index (χ4v) is 3.14. The minimum absolute atomic E-state index is 0.102. The summed E-state index contributed by atoms with van der Waals surface area (Å²) in [6.45, 7) is 1.50. The van der Waals surface area contributed by atoms with Crippen molar-refractivity contribution >= 4 is 34.7 Å². The van der Waals surface area contributed by atoms with Gasteiger partial charge in [0.15, 0.2) is 11.8 Å². The van der Waals surface area contributed by atoms with Gasteiger partial charge < -0.3 is 4.74 Å². The molecule has 0 saturated heterocycles. The van der Waals surface area contributed by atoms with Crippen molar-refractivity contribution in [3.05, 3.63) is 76.0 Å². The van der Waals surface area contributed by atoms with E-state index in [1.54, 1.807) is 41.8 Å². The van der Waals surface area contributed by atoms with Crippen LogP contribution in [-0.4, -0.2) is 22.8 Å². The van der Waals surface area contributed by atoms with E-state index in [0.717, 1.165) is 0 Å². The molecule has 26 heavy (non-hydrogen) atoms. The molecule has 3 rings (SSSR count). The first-order valence-electron chi connectivity index (χ1n) is 7.66. The maximum Gasteiger partial charge on any atom is 0.358 e. The molecule has 2 aromatic carbocycles. The molecule has 0 aliphatic rings. The van der Waals surface area contributed by atoms with E-state index in [4.69, 9.17) is 16.3 Å². The van der Waals surface area contributed by atoms with E-state index < -0.39 is 12.1 Å². The fourth-order valence-electron chi connectivity index (χ4n) is 2.22. The van der Waals surface area contributed by atoms with Crippen molar-refractivity contribution in [1.29, 1.82) is 0 Å². The highest BCUT2D eigenvalue weighted by molar-refractivity contribution is 7.13. The number of thiazole rings is 1. The number of ketones is 1. The number of carbonyl (C=O) groups is 2. The van der Waals surface area contributed by atoms with E-state index in [1.807, 2.05) is 0 Å². The zero-order valence-corrected chi connectivity index (χ0v) is 15.2. The number of Topliss-reactive ketones (excluding diaryl/α,β-unsaturated/α-hetero) is 1. The van der Waals surface area contributed by atoms with Crippen LogP contribution in [0.3, 0.4) is 0 Å². The molecule has 0 aliphatic carbocycles. The number of ether oxygens (including phenoxy) is 1. The Labute approximate surface area is 158 Å². The lowest BCUT2D eigenvalue weighted by Gasteiger charge is -2.11. The lowest BCUT2D eigenvalue weighted by Crippen LogP contribution is -2.24. The highest BCUT2D eigenvalue weighted by Gasteiger charge is 2.22. The van der Waals surface area contributed by atoms with E-state index in [1.165, 1.54) is 30.4 Å². The van der Waals surface area contributed by atoms with Crippen LogP contribution < -0.4 is 0 Å². The van der Waals surface area contributed by atoms with E-state index in [0.29, 0.717) is 21.2 Å². The van der Waals surface area contributed by atoms with Crippen LogP contribution in [0.25, 0.3) is 10.6 Å². The molecule has 132 valence electrons. The standard InChI is InChI=1S/C19H13ClFNO3S/c1-11(17(23)12-2-6-14(20)7-3-12)25-19(24)16-10-26-18(22-16)13-4-8-15(21)9-5-13/h2-11H,1H3/t11-/m1/s1. The lowest BCUT2D eigenvalue weighted by molar-refractivity contribution is 0.0314. The highest BCUT2D eigenvalue weighted by atomic mass is 35.5. The Morgan fingerprint density at radius 3 is 2.42 bits per heavy atom. The van der Waals surface area contributed by atoms with Crippen LogP contribution in [0, 0.1) is 5.82 Å². The van der Waals surface area contributed by atoms with Gasteiger partial charge in [0.2, 0.25) is 5.78 Å². The first-order valence-corrected chi connectivity index (χ1v) is 8.92. The minimum Gasteiger partial charge on any atom is -0.450 e. The lowest BCUT2D eigenvalue weighted by atomic mass is 10.1. The number of nitrogens with zero attached hydrogens (tertiary/aromatic N) is 1. The number of hydrogen-bond donors (Lipinski definition) is 0. The summed E-state index contributed by atoms with van der Waals surface area (Å²) in [7, 11) is 0. The second-order valence-electron chi connectivity index (χ2n) is 5.46. The van der Waals surface area contributed by atoms with Gasteiger partial charge in [0, 0.05) is 21.5 Å². The third-order valence-electron chi connectivity index (χ3n) is 3.59. The number of carbonyl (C=O) groups excluding carboxylic acids is 2. The normalized spacial score (nSPS) is 11.8. The van der Waals surface area contributed by atoms with E-state index in [9.17, 15) is 14.0 Å². The van der Waals surface area contributed by atoms with Crippen LogP contribution in [0.5, 0.6) is 0 Å². The molecule has 0 spiro atoms. The van der Waals surface area contributed by atoms with Crippen molar-refractivity contribution in [3.63, 3.8) is 0 Å². The molecule has 0 aliphatic heterocycles. The number of esters is 1. The Morgan fingerprint density at radius 1 is 1.12 bits per heavy atom. The van der Waals surface area contributed by atoms with Crippen LogP contribution in [0.2, 0.25) is 5.02 Å². The second kappa shape index (κ2) is 7.76. The smallest absolute Gasteiger partial charge is 0.358 e. The summed E-state index contributed by atoms with van der Waals surface area (Å²) < 4.78 is 18.2. The molecule has 0 radical (unpaired) electrons. The SMILES string of the molecule is C[C@@H](OC(=O)c1csc(-c2ccc(F)cc2)n1)C(=O)c1ccc(Cl)cc1. The molecule has 0 saturated carbocycles. The molecular formula is C19H13ClFNO3S. The fraction of sp³-hybridized carbons (Fsp3) is 0.105. The first-order chi connectivity index (χ1) is 12.4. The van der Waals surface area contributed by atoms with Gasteiger partial charge in [-0.05, 0) is 55.5 Å².